The highest BCUT2D eigenvalue weighted by molar-refractivity contribution is 5.89. The maximum absolute atomic E-state index is 12.7. The number of nitrogens with zero attached hydrogens (tertiary/aromatic N) is 2. The fourth-order valence-corrected chi connectivity index (χ4v) is 3.16. The zero-order valence-corrected chi connectivity index (χ0v) is 14.5. The molecule has 132 valence electrons. The first-order chi connectivity index (χ1) is 12.1. The molecule has 0 radical (unpaired) electrons. The summed E-state index contributed by atoms with van der Waals surface area (Å²) in [6.07, 6.45) is 1.86. The number of carbonyl (C=O) groups is 1. The van der Waals surface area contributed by atoms with Crippen LogP contribution >= 0.6 is 0 Å². The number of aryl methyl sites for hydroxylation is 1. The third kappa shape index (κ3) is 3.84. The number of urea groups is 1. The van der Waals surface area contributed by atoms with Gasteiger partial charge in [0.2, 0.25) is 0 Å². The number of rotatable bonds is 4. The molecule has 2 amide bonds. The van der Waals surface area contributed by atoms with Crippen LogP contribution in [0.1, 0.15) is 37.1 Å². The van der Waals surface area contributed by atoms with Crippen molar-refractivity contribution in [3.8, 4) is 11.5 Å². The highest BCUT2D eigenvalue weighted by Crippen LogP contribution is 2.33. The Balaban J connectivity index is 1.71. The number of likely N-dealkylation sites (tertiary alicyclic amines) is 1. The van der Waals surface area contributed by atoms with Crippen LogP contribution in [0.25, 0.3) is 0 Å². The van der Waals surface area contributed by atoms with Gasteiger partial charge in [0.1, 0.15) is 17.3 Å². The van der Waals surface area contributed by atoms with E-state index in [9.17, 15) is 9.90 Å². The topological polar surface area (TPSA) is 74.7 Å². The van der Waals surface area contributed by atoms with Crippen LogP contribution in [0.15, 0.2) is 36.4 Å². The Morgan fingerprint density at radius 2 is 2.08 bits per heavy atom. The summed E-state index contributed by atoms with van der Waals surface area (Å²) in [4.78, 5) is 18.9. The molecule has 1 aliphatic heterocycles. The molecule has 0 spiro atoms. The average Bonchev–Trinajstić information content (AvgIpc) is 3.08. The number of hydrogen-bond donors (Lipinski definition) is 2. The minimum atomic E-state index is -0.161. The predicted octanol–water partition coefficient (Wildman–Crippen LogP) is 3.86. The van der Waals surface area contributed by atoms with Crippen molar-refractivity contribution in [2.24, 2.45) is 0 Å². The van der Waals surface area contributed by atoms with Gasteiger partial charge in [0.05, 0.1) is 18.3 Å². The second-order valence-corrected chi connectivity index (χ2v) is 6.09. The van der Waals surface area contributed by atoms with Crippen LogP contribution in [0.5, 0.6) is 11.5 Å². The molecule has 1 aliphatic rings. The second kappa shape index (κ2) is 7.42. The number of phenols is 1. The standard InChI is InChI=1S/C19H23N3O3/c1-3-25-17-10-11-18(20-13(17)2)21-19(24)22-12-4-5-16(22)14-6-8-15(23)9-7-14/h6-11,16,23H,3-5,12H2,1-2H3,(H,20,21,24). The SMILES string of the molecule is CCOc1ccc(NC(=O)N2CCCC2c2ccc(O)cc2)nc1C. The van der Waals surface area contributed by atoms with Crippen LogP contribution in [0.4, 0.5) is 10.6 Å². The summed E-state index contributed by atoms with van der Waals surface area (Å²) >= 11 is 0. The van der Waals surface area contributed by atoms with Gasteiger partial charge in [-0.15, -0.1) is 0 Å². The zero-order valence-electron chi connectivity index (χ0n) is 14.5. The fraction of sp³-hybridized carbons (Fsp3) is 0.368. The summed E-state index contributed by atoms with van der Waals surface area (Å²) in [6.45, 7) is 5.06. The van der Waals surface area contributed by atoms with Crippen molar-refractivity contribution in [3.63, 3.8) is 0 Å². The van der Waals surface area contributed by atoms with E-state index >= 15 is 0 Å². The van der Waals surface area contributed by atoms with Gasteiger partial charge in [-0.2, -0.15) is 0 Å². The van der Waals surface area contributed by atoms with Crippen molar-refractivity contribution >= 4 is 11.8 Å². The molecule has 2 heterocycles. The quantitative estimate of drug-likeness (QED) is 0.885. The molecule has 0 bridgehead atoms. The van der Waals surface area contributed by atoms with Crippen molar-refractivity contribution in [2.45, 2.75) is 32.7 Å². The van der Waals surface area contributed by atoms with Gasteiger partial charge in [-0.25, -0.2) is 9.78 Å². The number of anilines is 1. The fourth-order valence-electron chi connectivity index (χ4n) is 3.16. The van der Waals surface area contributed by atoms with E-state index in [4.69, 9.17) is 4.74 Å². The lowest BCUT2D eigenvalue weighted by Gasteiger charge is -2.25. The van der Waals surface area contributed by atoms with Crippen molar-refractivity contribution in [1.29, 1.82) is 0 Å². The number of benzene rings is 1. The molecule has 1 aromatic heterocycles. The number of carbonyl (C=O) groups excluding carboxylic acids is 1. The normalized spacial score (nSPS) is 16.7. The summed E-state index contributed by atoms with van der Waals surface area (Å²) in [7, 11) is 0. The van der Waals surface area contributed by atoms with E-state index in [0.29, 0.717) is 19.0 Å². The Morgan fingerprint density at radius 1 is 1.32 bits per heavy atom. The lowest BCUT2D eigenvalue weighted by atomic mass is 10.0. The number of aromatic hydroxyl groups is 1. The molecule has 0 aliphatic carbocycles. The van der Waals surface area contributed by atoms with E-state index in [1.54, 1.807) is 18.2 Å². The Morgan fingerprint density at radius 3 is 2.76 bits per heavy atom. The number of phenolic OH excluding ortho intramolecular Hbond substituents is 1. The van der Waals surface area contributed by atoms with Crippen molar-refractivity contribution < 1.29 is 14.6 Å². The molecule has 1 atom stereocenters. The molecule has 2 aromatic rings. The van der Waals surface area contributed by atoms with Gasteiger partial charge in [0.15, 0.2) is 0 Å². The molecule has 3 rings (SSSR count). The molecular formula is C19H23N3O3. The number of hydrogen-bond acceptors (Lipinski definition) is 4. The van der Waals surface area contributed by atoms with Gasteiger partial charge >= 0.3 is 6.03 Å². The summed E-state index contributed by atoms with van der Waals surface area (Å²) in [5.41, 5.74) is 1.78. The number of ether oxygens (including phenoxy) is 1. The Kier molecular flexibility index (Phi) is 5.07. The van der Waals surface area contributed by atoms with Gasteiger partial charge in [0, 0.05) is 6.54 Å². The maximum Gasteiger partial charge on any atom is 0.323 e. The molecule has 1 saturated heterocycles. The monoisotopic (exact) mass is 341 g/mol. The van der Waals surface area contributed by atoms with Crippen LogP contribution in [-0.2, 0) is 0 Å². The molecule has 0 saturated carbocycles. The molecule has 6 heteroatoms. The Labute approximate surface area is 147 Å². The van der Waals surface area contributed by atoms with E-state index in [1.807, 2.05) is 36.9 Å². The molecular weight excluding hydrogens is 318 g/mol. The molecule has 2 N–H and O–H groups in total. The summed E-state index contributed by atoms with van der Waals surface area (Å²) in [5.74, 6) is 1.47. The molecule has 1 unspecified atom stereocenters. The molecule has 1 fully saturated rings. The van der Waals surface area contributed by atoms with Crippen LogP contribution in [0.3, 0.4) is 0 Å². The predicted molar refractivity (Wildman–Crippen MR) is 95.9 cm³/mol. The first-order valence-corrected chi connectivity index (χ1v) is 8.55. The highest BCUT2D eigenvalue weighted by atomic mass is 16.5. The van der Waals surface area contributed by atoms with E-state index in [-0.39, 0.29) is 17.8 Å². The Hall–Kier alpha value is -2.76. The lowest BCUT2D eigenvalue weighted by molar-refractivity contribution is 0.207. The molecule has 6 nitrogen and oxygen atoms in total. The number of aromatic nitrogens is 1. The van der Waals surface area contributed by atoms with Crippen molar-refractivity contribution in [1.82, 2.24) is 9.88 Å². The summed E-state index contributed by atoms with van der Waals surface area (Å²) < 4.78 is 5.47. The van der Waals surface area contributed by atoms with Crippen LogP contribution in [0, 0.1) is 6.92 Å². The maximum atomic E-state index is 12.7. The van der Waals surface area contributed by atoms with Crippen LogP contribution < -0.4 is 10.1 Å². The minimum absolute atomic E-state index is 0.0180. The minimum Gasteiger partial charge on any atom is -0.508 e. The number of pyridine rings is 1. The third-order valence-corrected chi connectivity index (χ3v) is 4.36. The summed E-state index contributed by atoms with van der Waals surface area (Å²) in [6, 6.07) is 10.5. The smallest absolute Gasteiger partial charge is 0.323 e. The van der Waals surface area contributed by atoms with Crippen LogP contribution in [-0.4, -0.2) is 34.2 Å². The van der Waals surface area contributed by atoms with Gasteiger partial charge in [-0.1, -0.05) is 12.1 Å². The first-order valence-electron chi connectivity index (χ1n) is 8.55. The summed E-state index contributed by atoms with van der Waals surface area (Å²) in [5, 5.41) is 12.3. The van der Waals surface area contributed by atoms with E-state index < -0.39 is 0 Å². The van der Waals surface area contributed by atoms with E-state index in [0.717, 1.165) is 29.8 Å². The second-order valence-electron chi connectivity index (χ2n) is 6.09. The third-order valence-electron chi connectivity index (χ3n) is 4.36. The largest absolute Gasteiger partial charge is 0.508 e. The number of nitrogens with one attached hydrogen (secondary N) is 1. The van der Waals surface area contributed by atoms with Gasteiger partial charge < -0.3 is 14.7 Å². The van der Waals surface area contributed by atoms with Gasteiger partial charge in [-0.3, -0.25) is 5.32 Å². The van der Waals surface area contributed by atoms with Gasteiger partial charge in [-0.05, 0) is 56.5 Å². The molecule has 1 aromatic carbocycles. The van der Waals surface area contributed by atoms with E-state index in [1.165, 1.54) is 0 Å². The molecule has 25 heavy (non-hydrogen) atoms. The highest BCUT2D eigenvalue weighted by Gasteiger charge is 2.30. The number of amides is 2. The van der Waals surface area contributed by atoms with Crippen molar-refractivity contribution in [2.75, 3.05) is 18.5 Å². The van der Waals surface area contributed by atoms with E-state index in [2.05, 4.69) is 10.3 Å². The lowest BCUT2D eigenvalue weighted by Crippen LogP contribution is -2.34. The van der Waals surface area contributed by atoms with Crippen LogP contribution in [0.2, 0.25) is 0 Å². The first kappa shape index (κ1) is 17.1. The average molecular weight is 341 g/mol. The zero-order chi connectivity index (χ0) is 17.8. The Bertz CT molecular complexity index is 746. The van der Waals surface area contributed by atoms with Gasteiger partial charge in [0.25, 0.3) is 0 Å². The van der Waals surface area contributed by atoms with Crippen molar-refractivity contribution in [3.05, 3.63) is 47.7 Å².